The second-order valence-electron chi connectivity index (χ2n) is 8.95. The van der Waals surface area contributed by atoms with E-state index in [9.17, 15) is 0 Å². The molecule has 3 rings (SSSR count). The maximum absolute atomic E-state index is 6.05. The molecule has 0 atom stereocenters. The number of nitrogens with one attached hydrogen (secondary N) is 2. The monoisotopic (exact) mass is 387 g/mol. The summed E-state index contributed by atoms with van der Waals surface area (Å²) >= 11 is 0. The molecule has 1 aliphatic heterocycles. The third-order valence-corrected chi connectivity index (χ3v) is 6.01. The molecule has 0 aromatic heterocycles. The maximum Gasteiger partial charge on any atom is 0.191 e. The summed E-state index contributed by atoms with van der Waals surface area (Å²) in [4.78, 5) is 4.41. The normalized spacial score (nSPS) is 21.5. The molecule has 1 aromatic rings. The topological polar surface area (TPSA) is 54.9 Å². The SMILES string of the molecule is CN=C(NCc1cccc(COC2CCOCC2)c1)NC1CCC(C)(C)CC1. The molecule has 2 fully saturated rings. The summed E-state index contributed by atoms with van der Waals surface area (Å²) in [7, 11) is 1.85. The Bertz CT molecular complexity index is 628. The molecule has 0 radical (unpaired) electrons. The predicted molar refractivity (Wildman–Crippen MR) is 114 cm³/mol. The van der Waals surface area contributed by atoms with Crippen LogP contribution in [-0.4, -0.2) is 38.4 Å². The molecule has 5 nitrogen and oxygen atoms in total. The fourth-order valence-electron chi connectivity index (χ4n) is 4.00. The van der Waals surface area contributed by atoms with E-state index < -0.39 is 0 Å². The van der Waals surface area contributed by atoms with Crippen LogP contribution in [0.2, 0.25) is 0 Å². The van der Waals surface area contributed by atoms with Crippen molar-refractivity contribution in [2.24, 2.45) is 10.4 Å². The minimum Gasteiger partial charge on any atom is -0.381 e. The molecule has 1 saturated heterocycles. The third kappa shape index (κ3) is 6.78. The molecule has 1 heterocycles. The Labute approximate surface area is 170 Å². The maximum atomic E-state index is 6.05. The zero-order chi connectivity index (χ0) is 19.8. The van der Waals surface area contributed by atoms with Gasteiger partial charge in [-0.25, -0.2) is 0 Å². The average Bonchev–Trinajstić information content (AvgIpc) is 2.72. The van der Waals surface area contributed by atoms with E-state index in [4.69, 9.17) is 9.47 Å². The van der Waals surface area contributed by atoms with Crippen LogP contribution in [0, 0.1) is 5.41 Å². The van der Waals surface area contributed by atoms with Gasteiger partial charge in [0.15, 0.2) is 5.96 Å². The van der Waals surface area contributed by atoms with E-state index in [0.717, 1.165) is 38.6 Å². The first-order valence-electron chi connectivity index (χ1n) is 10.8. The number of hydrogen-bond donors (Lipinski definition) is 2. The number of aliphatic imine (C=N–C) groups is 1. The molecule has 0 bridgehead atoms. The molecule has 0 spiro atoms. The quantitative estimate of drug-likeness (QED) is 0.572. The van der Waals surface area contributed by atoms with Crippen molar-refractivity contribution in [2.75, 3.05) is 20.3 Å². The predicted octanol–water partition coefficient (Wildman–Crippen LogP) is 4.02. The van der Waals surface area contributed by atoms with Crippen molar-refractivity contribution in [1.29, 1.82) is 0 Å². The highest BCUT2D eigenvalue weighted by Gasteiger charge is 2.27. The van der Waals surface area contributed by atoms with Gasteiger partial charge >= 0.3 is 0 Å². The van der Waals surface area contributed by atoms with Crippen LogP contribution in [0.3, 0.4) is 0 Å². The van der Waals surface area contributed by atoms with Gasteiger partial charge in [0.2, 0.25) is 0 Å². The zero-order valence-electron chi connectivity index (χ0n) is 17.8. The van der Waals surface area contributed by atoms with Crippen LogP contribution in [0.5, 0.6) is 0 Å². The highest BCUT2D eigenvalue weighted by atomic mass is 16.5. The molecule has 0 amide bonds. The molecular formula is C23H37N3O2. The number of nitrogens with zero attached hydrogens (tertiary/aromatic N) is 1. The first-order valence-corrected chi connectivity index (χ1v) is 10.8. The van der Waals surface area contributed by atoms with Crippen molar-refractivity contribution in [2.45, 2.75) is 77.7 Å². The Balaban J connectivity index is 1.44. The van der Waals surface area contributed by atoms with E-state index in [1.807, 2.05) is 7.05 Å². The lowest BCUT2D eigenvalue weighted by atomic mass is 9.75. The molecule has 2 aliphatic rings. The smallest absolute Gasteiger partial charge is 0.191 e. The van der Waals surface area contributed by atoms with Crippen LogP contribution in [0.15, 0.2) is 29.3 Å². The van der Waals surface area contributed by atoms with Gasteiger partial charge < -0.3 is 20.1 Å². The number of benzene rings is 1. The van der Waals surface area contributed by atoms with E-state index in [2.05, 4.69) is 53.7 Å². The van der Waals surface area contributed by atoms with Gasteiger partial charge in [-0.1, -0.05) is 38.1 Å². The van der Waals surface area contributed by atoms with Gasteiger partial charge in [-0.15, -0.1) is 0 Å². The minimum atomic E-state index is 0.332. The summed E-state index contributed by atoms with van der Waals surface area (Å²) in [5, 5.41) is 7.07. The molecular weight excluding hydrogens is 350 g/mol. The lowest BCUT2D eigenvalue weighted by Crippen LogP contribution is -2.45. The van der Waals surface area contributed by atoms with Gasteiger partial charge in [-0.05, 0) is 55.1 Å². The first-order chi connectivity index (χ1) is 13.5. The van der Waals surface area contributed by atoms with Crippen LogP contribution in [0.1, 0.15) is 63.5 Å². The lowest BCUT2D eigenvalue weighted by Gasteiger charge is -2.35. The number of guanidine groups is 1. The minimum absolute atomic E-state index is 0.332. The fourth-order valence-corrected chi connectivity index (χ4v) is 4.00. The third-order valence-electron chi connectivity index (χ3n) is 6.01. The molecule has 1 aromatic carbocycles. The Morgan fingerprint density at radius 3 is 2.57 bits per heavy atom. The van der Waals surface area contributed by atoms with Crippen LogP contribution in [0.25, 0.3) is 0 Å². The molecule has 0 unspecified atom stereocenters. The van der Waals surface area contributed by atoms with E-state index in [1.165, 1.54) is 36.8 Å². The molecule has 2 N–H and O–H groups in total. The molecule has 28 heavy (non-hydrogen) atoms. The summed E-state index contributed by atoms with van der Waals surface area (Å²) in [6, 6.07) is 9.15. The number of rotatable bonds is 6. The highest BCUT2D eigenvalue weighted by molar-refractivity contribution is 5.79. The Kier molecular flexibility index (Phi) is 7.74. The number of hydrogen-bond acceptors (Lipinski definition) is 3. The van der Waals surface area contributed by atoms with Crippen molar-refractivity contribution in [3.05, 3.63) is 35.4 Å². The van der Waals surface area contributed by atoms with E-state index in [0.29, 0.717) is 24.2 Å². The second-order valence-corrected chi connectivity index (χ2v) is 8.95. The summed E-state index contributed by atoms with van der Waals surface area (Å²) in [6.45, 7) is 7.81. The summed E-state index contributed by atoms with van der Waals surface area (Å²) in [5.74, 6) is 0.897. The largest absolute Gasteiger partial charge is 0.381 e. The Morgan fingerprint density at radius 2 is 1.86 bits per heavy atom. The Morgan fingerprint density at radius 1 is 1.14 bits per heavy atom. The van der Waals surface area contributed by atoms with Gasteiger partial charge in [0.25, 0.3) is 0 Å². The van der Waals surface area contributed by atoms with Gasteiger partial charge in [0.1, 0.15) is 0 Å². The van der Waals surface area contributed by atoms with Crippen LogP contribution < -0.4 is 10.6 Å². The number of ether oxygens (including phenoxy) is 2. The van der Waals surface area contributed by atoms with Crippen molar-refractivity contribution >= 4 is 5.96 Å². The van der Waals surface area contributed by atoms with E-state index in [-0.39, 0.29) is 0 Å². The summed E-state index contributed by atoms with van der Waals surface area (Å²) in [5.41, 5.74) is 2.96. The van der Waals surface area contributed by atoms with Gasteiger partial charge in [0.05, 0.1) is 12.7 Å². The first kappa shape index (κ1) is 21.1. The second kappa shape index (κ2) is 10.3. The van der Waals surface area contributed by atoms with Crippen LogP contribution in [-0.2, 0) is 22.6 Å². The molecule has 1 saturated carbocycles. The van der Waals surface area contributed by atoms with Crippen molar-refractivity contribution in [3.8, 4) is 0 Å². The van der Waals surface area contributed by atoms with Crippen LogP contribution in [0.4, 0.5) is 0 Å². The standard InChI is InChI=1S/C23H37N3O2/c1-23(2)11-7-20(8-12-23)26-22(24-3)25-16-18-5-4-6-19(15-18)17-28-21-9-13-27-14-10-21/h4-6,15,20-21H,7-14,16-17H2,1-3H3,(H2,24,25,26). The van der Waals surface area contributed by atoms with E-state index >= 15 is 0 Å². The van der Waals surface area contributed by atoms with Gasteiger partial charge in [-0.2, -0.15) is 0 Å². The van der Waals surface area contributed by atoms with Crippen molar-refractivity contribution in [1.82, 2.24) is 10.6 Å². The summed E-state index contributed by atoms with van der Waals surface area (Å²) in [6.07, 6.45) is 7.31. The van der Waals surface area contributed by atoms with Crippen molar-refractivity contribution in [3.63, 3.8) is 0 Å². The zero-order valence-corrected chi connectivity index (χ0v) is 17.8. The van der Waals surface area contributed by atoms with Gasteiger partial charge in [-0.3, -0.25) is 4.99 Å². The average molecular weight is 388 g/mol. The van der Waals surface area contributed by atoms with Crippen molar-refractivity contribution < 1.29 is 9.47 Å². The van der Waals surface area contributed by atoms with Crippen LogP contribution >= 0.6 is 0 Å². The lowest BCUT2D eigenvalue weighted by molar-refractivity contribution is -0.0390. The van der Waals surface area contributed by atoms with E-state index in [1.54, 1.807) is 0 Å². The highest BCUT2D eigenvalue weighted by Crippen LogP contribution is 2.34. The molecule has 5 heteroatoms. The Hall–Kier alpha value is -1.59. The summed E-state index contributed by atoms with van der Waals surface area (Å²) < 4.78 is 11.4. The van der Waals surface area contributed by atoms with Gasteiger partial charge in [0, 0.05) is 32.8 Å². The molecule has 1 aliphatic carbocycles. The molecule has 156 valence electrons. The fraction of sp³-hybridized carbons (Fsp3) is 0.696.